The fourth-order valence-corrected chi connectivity index (χ4v) is 1.09. The number of hydrogen-bond donors (Lipinski definition) is 1. The van der Waals surface area contributed by atoms with Gasteiger partial charge in [0.25, 0.3) is 5.95 Å². The molecule has 0 aliphatic rings. The van der Waals surface area contributed by atoms with Gasteiger partial charge in [-0.2, -0.15) is 4.39 Å². The zero-order valence-corrected chi connectivity index (χ0v) is 8.05. The Balaban J connectivity index is 2.02. The zero-order valence-electron chi connectivity index (χ0n) is 8.05. The summed E-state index contributed by atoms with van der Waals surface area (Å²) in [5.41, 5.74) is 0.711. The minimum Gasteiger partial charge on any atom is -0.360 e. The standard InChI is InChI=1S/C8H9FN6/c1-15-5-6(13-14-15)4-12-8-7(9)10-2-3-11-8/h2-3,5H,4H2,1H3,(H,11,12). The van der Waals surface area contributed by atoms with Crippen LogP contribution in [-0.4, -0.2) is 25.0 Å². The van der Waals surface area contributed by atoms with E-state index in [4.69, 9.17) is 0 Å². The summed E-state index contributed by atoms with van der Waals surface area (Å²) in [6.45, 7) is 0.365. The molecule has 0 atom stereocenters. The highest BCUT2D eigenvalue weighted by molar-refractivity contribution is 5.32. The maximum absolute atomic E-state index is 13.0. The van der Waals surface area contributed by atoms with Crippen molar-refractivity contribution in [2.24, 2.45) is 7.05 Å². The van der Waals surface area contributed by atoms with Crippen LogP contribution in [0.25, 0.3) is 0 Å². The van der Waals surface area contributed by atoms with E-state index in [1.165, 1.54) is 12.4 Å². The van der Waals surface area contributed by atoms with Gasteiger partial charge in [0.2, 0.25) is 0 Å². The number of aromatic nitrogens is 5. The van der Waals surface area contributed by atoms with E-state index in [0.717, 1.165) is 0 Å². The van der Waals surface area contributed by atoms with E-state index >= 15 is 0 Å². The Kier molecular flexibility index (Phi) is 2.53. The van der Waals surface area contributed by atoms with Crippen molar-refractivity contribution in [1.29, 1.82) is 0 Å². The Hall–Kier alpha value is -2.05. The van der Waals surface area contributed by atoms with Crippen molar-refractivity contribution < 1.29 is 4.39 Å². The molecular formula is C8H9FN6. The van der Waals surface area contributed by atoms with Gasteiger partial charge in [-0.25, -0.2) is 9.97 Å². The predicted molar refractivity (Wildman–Crippen MR) is 50.3 cm³/mol. The third kappa shape index (κ3) is 2.25. The van der Waals surface area contributed by atoms with Crippen molar-refractivity contribution in [3.05, 3.63) is 30.2 Å². The van der Waals surface area contributed by atoms with Gasteiger partial charge in [0, 0.05) is 25.6 Å². The predicted octanol–water partition coefficient (Wildman–Crippen LogP) is 0.356. The first-order valence-corrected chi connectivity index (χ1v) is 4.31. The largest absolute Gasteiger partial charge is 0.360 e. The molecule has 0 unspecified atom stereocenters. The monoisotopic (exact) mass is 208 g/mol. The average molecular weight is 208 g/mol. The van der Waals surface area contributed by atoms with Crippen LogP contribution in [0.1, 0.15) is 5.69 Å². The summed E-state index contributed by atoms with van der Waals surface area (Å²) in [5, 5.41) is 10.4. The summed E-state index contributed by atoms with van der Waals surface area (Å²) < 4.78 is 14.6. The number of rotatable bonds is 3. The number of hydrogen-bond acceptors (Lipinski definition) is 5. The molecule has 0 saturated carbocycles. The molecule has 1 N–H and O–H groups in total. The van der Waals surface area contributed by atoms with Crippen molar-refractivity contribution in [3.8, 4) is 0 Å². The van der Waals surface area contributed by atoms with Crippen LogP contribution in [0.3, 0.4) is 0 Å². The topological polar surface area (TPSA) is 68.5 Å². The van der Waals surface area contributed by atoms with Gasteiger partial charge in [-0.15, -0.1) is 5.10 Å². The van der Waals surface area contributed by atoms with E-state index in [1.54, 1.807) is 17.9 Å². The molecule has 6 nitrogen and oxygen atoms in total. The molecule has 0 fully saturated rings. The van der Waals surface area contributed by atoms with E-state index in [0.29, 0.717) is 12.2 Å². The van der Waals surface area contributed by atoms with Gasteiger partial charge in [0.1, 0.15) is 5.69 Å². The number of anilines is 1. The third-order valence-electron chi connectivity index (χ3n) is 1.74. The van der Waals surface area contributed by atoms with Gasteiger partial charge < -0.3 is 5.32 Å². The molecule has 2 aromatic heterocycles. The Bertz CT molecular complexity index is 454. The molecule has 7 heteroatoms. The highest BCUT2D eigenvalue weighted by Crippen LogP contribution is 2.06. The van der Waals surface area contributed by atoms with E-state index < -0.39 is 5.95 Å². The number of aryl methyl sites for hydroxylation is 1. The summed E-state index contributed by atoms with van der Waals surface area (Å²) in [5.74, 6) is -0.510. The van der Waals surface area contributed by atoms with Crippen LogP contribution in [0.4, 0.5) is 10.2 Å². The Labute approximate surface area is 85.2 Å². The maximum Gasteiger partial charge on any atom is 0.255 e. The molecule has 0 aliphatic carbocycles. The minimum absolute atomic E-state index is 0.114. The number of nitrogens with zero attached hydrogens (tertiary/aromatic N) is 5. The highest BCUT2D eigenvalue weighted by atomic mass is 19.1. The molecule has 0 spiro atoms. The SMILES string of the molecule is Cn1cc(CNc2nccnc2F)nn1. The van der Waals surface area contributed by atoms with Crippen LogP contribution >= 0.6 is 0 Å². The van der Waals surface area contributed by atoms with Gasteiger partial charge in [0.15, 0.2) is 5.82 Å². The first-order chi connectivity index (χ1) is 7.25. The number of halogens is 1. The summed E-state index contributed by atoms with van der Waals surface area (Å²) in [6, 6.07) is 0. The van der Waals surface area contributed by atoms with Gasteiger partial charge in [0.05, 0.1) is 6.54 Å². The second kappa shape index (κ2) is 3.99. The third-order valence-corrected chi connectivity index (χ3v) is 1.74. The van der Waals surface area contributed by atoms with Crippen molar-refractivity contribution in [3.63, 3.8) is 0 Å². The summed E-state index contributed by atoms with van der Waals surface area (Å²) in [7, 11) is 1.76. The van der Waals surface area contributed by atoms with Crippen LogP contribution in [0, 0.1) is 5.95 Å². The van der Waals surface area contributed by atoms with Gasteiger partial charge in [-0.3, -0.25) is 4.68 Å². The lowest BCUT2D eigenvalue weighted by atomic mass is 10.4. The van der Waals surface area contributed by atoms with Gasteiger partial charge >= 0.3 is 0 Å². The summed E-state index contributed by atoms with van der Waals surface area (Å²) >= 11 is 0. The Morgan fingerprint density at radius 3 is 2.87 bits per heavy atom. The van der Waals surface area contributed by atoms with Crippen LogP contribution in [0.2, 0.25) is 0 Å². The minimum atomic E-state index is -0.624. The molecule has 2 rings (SSSR count). The second-order valence-electron chi connectivity index (χ2n) is 2.93. The fraction of sp³-hybridized carbons (Fsp3) is 0.250. The lowest BCUT2D eigenvalue weighted by Crippen LogP contribution is -2.04. The summed E-state index contributed by atoms with van der Waals surface area (Å²) in [6.07, 6.45) is 4.45. The van der Waals surface area contributed by atoms with Crippen molar-refractivity contribution in [1.82, 2.24) is 25.0 Å². The van der Waals surface area contributed by atoms with E-state index in [9.17, 15) is 4.39 Å². The van der Waals surface area contributed by atoms with Crippen LogP contribution in [0.15, 0.2) is 18.6 Å². The van der Waals surface area contributed by atoms with Crippen molar-refractivity contribution >= 4 is 5.82 Å². The molecule has 2 heterocycles. The first-order valence-electron chi connectivity index (χ1n) is 4.31. The van der Waals surface area contributed by atoms with Gasteiger partial charge in [-0.05, 0) is 0 Å². The lowest BCUT2D eigenvalue weighted by molar-refractivity contribution is 0.580. The van der Waals surface area contributed by atoms with Crippen molar-refractivity contribution in [2.45, 2.75) is 6.54 Å². The molecule has 0 aliphatic heterocycles. The van der Waals surface area contributed by atoms with Crippen molar-refractivity contribution in [2.75, 3.05) is 5.32 Å². The van der Waals surface area contributed by atoms with Crippen LogP contribution in [-0.2, 0) is 13.6 Å². The molecular weight excluding hydrogens is 199 g/mol. The molecule has 0 saturated heterocycles. The van der Waals surface area contributed by atoms with Gasteiger partial charge in [-0.1, -0.05) is 5.21 Å². The maximum atomic E-state index is 13.0. The molecule has 15 heavy (non-hydrogen) atoms. The molecule has 0 bridgehead atoms. The zero-order chi connectivity index (χ0) is 10.7. The second-order valence-corrected chi connectivity index (χ2v) is 2.93. The highest BCUT2D eigenvalue weighted by Gasteiger charge is 2.04. The molecule has 2 aromatic rings. The Morgan fingerprint density at radius 2 is 2.20 bits per heavy atom. The van der Waals surface area contributed by atoms with Crippen LogP contribution in [0.5, 0.6) is 0 Å². The lowest BCUT2D eigenvalue weighted by Gasteiger charge is -2.01. The normalized spacial score (nSPS) is 10.3. The quantitative estimate of drug-likeness (QED) is 0.788. The molecule has 78 valence electrons. The summed E-state index contributed by atoms with van der Waals surface area (Å²) in [4.78, 5) is 7.26. The Morgan fingerprint density at radius 1 is 1.40 bits per heavy atom. The van der Waals surface area contributed by atoms with E-state index in [2.05, 4.69) is 25.6 Å². The fourth-order valence-electron chi connectivity index (χ4n) is 1.09. The first kappa shape index (κ1) is 9.50. The smallest absolute Gasteiger partial charge is 0.255 e. The van der Waals surface area contributed by atoms with Crippen LogP contribution < -0.4 is 5.32 Å². The average Bonchev–Trinajstić information content (AvgIpc) is 2.63. The van der Waals surface area contributed by atoms with E-state index in [1.807, 2.05) is 0 Å². The molecule has 0 aromatic carbocycles. The number of nitrogens with one attached hydrogen (secondary N) is 1. The molecule has 0 amide bonds. The van der Waals surface area contributed by atoms with E-state index in [-0.39, 0.29) is 5.82 Å². The molecule has 0 radical (unpaired) electrons.